The fourth-order valence-electron chi connectivity index (χ4n) is 4.62. The van der Waals surface area contributed by atoms with Gasteiger partial charge in [-0.15, -0.1) is 0 Å². The predicted octanol–water partition coefficient (Wildman–Crippen LogP) is 7.03. The van der Waals surface area contributed by atoms with Crippen LogP contribution in [0.1, 0.15) is 82.1 Å². The predicted molar refractivity (Wildman–Crippen MR) is 141 cm³/mol. The van der Waals surface area contributed by atoms with Gasteiger partial charge in [0.25, 0.3) is 0 Å². The second kappa shape index (κ2) is 13.0. The molecule has 1 aliphatic heterocycles. The average Bonchev–Trinajstić information content (AvgIpc) is 3.58. The average molecular weight is 492 g/mol. The molecule has 8 heteroatoms. The Hall–Kier alpha value is -3.42. The van der Waals surface area contributed by atoms with Gasteiger partial charge in [0.05, 0.1) is 5.92 Å². The number of benzene rings is 1. The Morgan fingerprint density at radius 1 is 1.06 bits per heavy atom. The van der Waals surface area contributed by atoms with Gasteiger partial charge in [0.2, 0.25) is 11.7 Å². The first-order chi connectivity index (χ1) is 17.6. The molecule has 3 aromatic rings. The number of anilines is 2. The molecule has 0 radical (unpaired) electrons. The van der Waals surface area contributed by atoms with Crippen molar-refractivity contribution in [1.82, 2.24) is 20.0 Å². The number of nitrogens with zero attached hydrogens (tertiary/aromatic N) is 4. The fourth-order valence-corrected chi connectivity index (χ4v) is 4.62. The number of pyridine rings is 1. The summed E-state index contributed by atoms with van der Waals surface area (Å²) in [4.78, 5) is 21.5. The lowest BCUT2D eigenvalue weighted by Gasteiger charge is -2.09. The molecule has 8 nitrogen and oxygen atoms in total. The Morgan fingerprint density at radius 2 is 1.81 bits per heavy atom. The number of likely N-dealkylation sites (tertiary alicyclic amines) is 1. The lowest BCUT2D eigenvalue weighted by molar-refractivity contribution is 0.154. The minimum absolute atomic E-state index is 0.0604. The van der Waals surface area contributed by atoms with E-state index in [1.165, 1.54) is 61.8 Å². The van der Waals surface area contributed by atoms with E-state index in [1.54, 1.807) is 6.20 Å². The smallest absolute Gasteiger partial charge is 0.407 e. The summed E-state index contributed by atoms with van der Waals surface area (Å²) < 4.78 is 5.41. The maximum atomic E-state index is 11.1. The van der Waals surface area contributed by atoms with E-state index in [-0.39, 0.29) is 5.92 Å². The first kappa shape index (κ1) is 25.7. The van der Waals surface area contributed by atoms with E-state index in [0.717, 1.165) is 23.5 Å². The Balaban J connectivity index is 1.22. The van der Waals surface area contributed by atoms with Crippen molar-refractivity contribution < 1.29 is 14.4 Å². The number of hydrogen-bond acceptors (Lipinski definition) is 6. The number of rotatable bonds is 13. The molecule has 36 heavy (non-hydrogen) atoms. The molecule has 3 heterocycles. The lowest BCUT2D eigenvalue weighted by atomic mass is 10.0. The molecule has 1 atom stereocenters. The maximum absolute atomic E-state index is 11.1. The summed E-state index contributed by atoms with van der Waals surface area (Å²) in [7, 11) is 0. The maximum Gasteiger partial charge on any atom is 0.407 e. The molecule has 1 fully saturated rings. The molecule has 1 aliphatic rings. The van der Waals surface area contributed by atoms with Crippen molar-refractivity contribution in [3.8, 4) is 11.4 Å². The highest BCUT2D eigenvalue weighted by molar-refractivity contribution is 5.65. The van der Waals surface area contributed by atoms with E-state index in [0.29, 0.717) is 31.2 Å². The molecule has 1 unspecified atom stereocenters. The summed E-state index contributed by atoms with van der Waals surface area (Å²) in [5, 5.41) is 16.5. The van der Waals surface area contributed by atoms with Crippen LogP contribution in [0.25, 0.3) is 11.4 Å². The molecule has 1 amide bonds. The zero-order valence-corrected chi connectivity index (χ0v) is 21.2. The van der Waals surface area contributed by atoms with Gasteiger partial charge in [-0.25, -0.2) is 9.78 Å². The van der Waals surface area contributed by atoms with Crippen molar-refractivity contribution >= 4 is 17.6 Å². The van der Waals surface area contributed by atoms with Crippen LogP contribution in [0, 0.1) is 0 Å². The number of aryl methyl sites for hydroxylation is 1. The Morgan fingerprint density at radius 3 is 2.47 bits per heavy atom. The van der Waals surface area contributed by atoms with Crippen LogP contribution in [-0.4, -0.2) is 44.3 Å². The molecular formula is C28H37N5O3. The van der Waals surface area contributed by atoms with Gasteiger partial charge >= 0.3 is 6.09 Å². The molecule has 1 saturated heterocycles. The van der Waals surface area contributed by atoms with Crippen molar-refractivity contribution in [3.63, 3.8) is 0 Å². The van der Waals surface area contributed by atoms with E-state index in [9.17, 15) is 4.79 Å². The standard InChI is InChI=1S/C28H37N5O3/c1-2-3-4-5-6-7-8-9-10-21-11-14-24(15-12-21)30-25-16-13-22(19-29-25)26-31-27(36-32-26)23-17-18-33(20-23)28(34)35/h11-16,19,23H,2-10,17-18,20H2,1H3,(H,29,30)(H,34,35). The van der Waals surface area contributed by atoms with E-state index >= 15 is 0 Å². The number of aromatic nitrogens is 3. The number of carboxylic acid groups (broad SMARTS) is 1. The highest BCUT2D eigenvalue weighted by atomic mass is 16.5. The van der Waals surface area contributed by atoms with Gasteiger partial charge in [-0.1, -0.05) is 69.2 Å². The monoisotopic (exact) mass is 491 g/mol. The van der Waals surface area contributed by atoms with Crippen LogP contribution in [0.15, 0.2) is 47.1 Å². The lowest BCUT2D eigenvalue weighted by Crippen LogP contribution is -2.26. The van der Waals surface area contributed by atoms with Gasteiger partial charge in [-0.2, -0.15) is 4.98 Å². The summed E-state index contributed by atoms with van der Waals surface area (Å²) in [5.41, 5.74) is 3.13. The van der Waals surface area contributed by atoms with Gasteiger partial charge < -0.3 is 19.8 Å². The van der Waals surface area contributed by atoms with Crippen LogP contribution in [0.2, 0.25) is 0 Å². The number of carbonyl (C=O) groups is 1. The highest BCUT2D eigenvalue weighted by Gasteiger charge is 2.31. The zero-order chi connectivity index (χ0) is 25.2. The van der Waals surface area contributed by atoms with Crippen molar-refractivity contribution in [2.75, 3.05) is 18.4 Å². The van der Waals surface area contributed by atoms with E-state index in [2.05, 4.69) is 51.6 Å². The van der Waals surface area contributed by atoms with Gasteiger partial charge in [0.1, 0.15) is 5.82 Å². The summed E-state index contributed by atoms with van der Waals surface area (Å²) in [5.74, 6) is 1.62. The number of amides is 1. The summed E-state index contributed by atoms with van der Waals surface area (Å²) in [6.07, 6.45) is 13.3. The van der Waals surface area contributed by atoms with Gasteiger partial charge in [0, 0.05) is 30.5 Å². The minimum Gasteiger partial charge on any atom is -0.465 e. The molecular weight excluding hydrogens is 454 g/mol. The summed E-state index contributed by atoms with van der Waals surface area (Å²) in [6.45, 7) is 3.13. The van der Waals surface area contributed by atoms with Crippen molar-refractivity contribution in [1.29, 1.82) is 0 Å². The second-order valence-electron chi connectivity index (χ2n) is 9.65. The second-order valence-corrected chi connectivity index (χ2v) is 9.65. The Kier molecular flexibility index (Phi) is 9.30. The number of unbranched alkanes of at least 4 members (excludes halogenated alkanes) is 7. The fraction of sp³-hybridized carbons (Fsp3) is 0.500. The van der Waals surface area contributed by atoms with Crippen molar-refractivity contribution in [3.05, 3.63) is 54.0 Å². The third-order valence-corrected chi connectivity index (χ3v) is 6.82. The van der Waals surface area contributed by atoms with Crippen LogP contribution in [0.4, 0.5) is 16.3 Å². The number of hydrogen-bond donors (Lipinski definition) is 2. The minimum atomic E-state index is -0.914. The van der Waals surface area contributed by atoms with Crippen molar-refractivity contribution in [2.24, 2.45) is 0 Å². The van der Waals surface area contributed by atoms with E-state index in [4.69, 9.17) is 9.63 Å². The largest absolute Gasteiger partial charge is 0.465 e. The van der Waals surface area contributed by atoms with E-state index in [1.807, 2.05) is 12.1 Å². The van der Waals surface area contributed by atoms with Crippen molar-refractivity contribution in [2.45, 2.75) is 77.0 Å². The molecule has 2 aromatic heterocycles. The molecule has 192 valence electrons. The van der Waals surface area contributed by atoms with Gasteiger partial charge in [0.15, 0.2) is 0 Å². The normalized spacial score (nSPS) is 15.4. The molecule has 0 saturated carbocycles. The molecule has 1 aromatic carbocycles. The first-order valence-corrected chi connectivity index (χ1v) is 13.3. The first-order valence-electron chi connectivity index (χ1n) is 13.3. The quantitative estimate of drug-likeness (QED) is 0.247. The van der Waals surface area contributed by atoms with Crippen LogP contribution < -0.4 is 5.32 Å². The molecule has 4 rings (SSSR count). The Labute approximate surface area is 213 Å². The Bertz CT molecular complexity index is 1080. The molecule has 0 aliphatic carbocycles. The molecule has 2 N–H and O–H groups in total. The third kappa shape index (κ3) is 7.29. The van der Waals surface area contributed by atoms with Crippen LogP contribution >= 0.6 is 0 Å². The number of nitrogens with one attached hydrogen (secondary N) is 1. The zero-order valence-electron chi connectivity index (χ0n) is 21.2. The summed E-state index contributed by atoms with van der Waals surface area (Å²) in [6, 6.07) is 12.4. The highest BCUT2D eigenvalue weighted by Crippen LogP contribution is 2.28. The van der Waals surface area contributed by atoms with E-state index < -0.39 is 6.09 Å². The topological polar surface area (TPSA) is 104 Å². The third-order valence-electron chi connectivity index (χ3n) is 6.82. The molecule has 0 spiro atoms. The van der Waals surface area contributed by atoms with Gasteiger partial charge in [-0.3, -0.25) is 0 Å². The van der Waals surface area contributed by atoms with Crippen LogP contribution in [0.5, 0.6) is 0 Å². The molecule has 0 bridgehead atoms. The van der Waals surface area contributed by atoms with Crippen LogP contribution in [-0.2, 0) is 6.42 Å². The van der Waals surface area contributed by atoms with Gasteiger partial charge in [-0.05, 0) is 49.1 Å². The SMILES string of the molecule is CCCCCCCCCCc1ccc(Nc2ccc(-c3noc(C4CCN(C(=O)O)C4)n3)cn2)cc1. The van der Waals surface area contributed by atoms with Crippen LogP contribution in [0.3, 0.4) is 0 Å². The summed E-state index contributed by atoms with van der Waals surface area (Å²) >= 11 is 0.